The Morgan fingerprint density at radius 2 is 1.58 bits per heavy atom. The van der Waals surface area contributed by atoms with E-state index in [1.54, 1.807) is 0 Å². The van der Waals surface area contributed by atoms with Crippen LogP contribution in [0, 0.1) is 10.8 Å². The lowest BCUT2D eigenvalue weighted by molar-refractivity contribution is -0.114. The summed E-state index contributed by atoms with van der Waals surface area (Å²) in [6.45, 7) is 16.5. The third-order valence-electron chi connectivity index (χ3n) is 5.05. The van der Waals surface area contributed by atoms with Crippen molar-refractivity contribution in [3.8, 4) is 5.75 Å². The maximum atomic E-state index is 13.3. The second kappa shape index (κ2) is 5.87. The molecular weight excluding hydrogens is 322 g/mol. The molecule has 0 saturated carbocycles. The summed E-state index contributed by atoms with van der Waals surface area (Å²) in [4.78, 5) is 13.3. The molecule has 1 spiro atoms. The number of anilines is 1. The zero-order valence-electron chi connectivity index (χ0n) is 16.6. The predicted octanol–water partition coefficient (Wildman–Crippen LogP) is 5.31. The third-order valence-corrected chi connectivity index (χ3v) is 5.05. The highest BCUT2D eigenvalue weighted by Crippen LogP contribution is 2.46. The molecule has 0 fully saturated rings. The van der Waals surface area contributed by atoms with E-state index in [4.69, 9.17) is 4.74 Å². The predicted molar refractivity (Wildman–Crippen MR) is 107 cm³/mol. The number of hydrogen-bond donors (Lipinski definition) is 1. The second-order valence-electron chi connectivity index (χ2n) is 9.27. The summed E-state index contributed by atoms with van der Waals surface area (Å²) in [7, 11) is 0. The maximum absolute atomic E-state index is 13.3. The minimum atomic E-state index is -0.630. The average molecular weight is 351 g/mol. The van der Waals surface area contributed by atoms with E-state index in [0.717, 1.165) is 22.6 Å². The van der Waals surface area contributed by atoms with E-state index in [2.05, 4.69) is 53.4 Å². The van der Waals surface area contributed by atoms with E-state index in [1.807, 2.05) is 42.5 Å². The first-order valence-corrected chi connectivity index (χ1v) is 9.16. The highest BCUT2D eigenvalue weighted by molar-refractivity contribution is 6.11. The number of rotatable bonds is 1. The van der Waals surface area contributed by atoms with Crippen LogP contribution < -0.4 is 10.1 Å². The monoisotopic (exact) mass is 351 g/mol. The zero-order chi connectivity index (χ0) is 19.3. The van der Waals surface area contributed by atoms with Crippen LogP contribution in [0.3, 0.4) is 0 Å². The summed E-state index contributed by atoms with van der Waals surface area (Å²) < 4.78 is 6.25. The van der Waals surface area contributed by atoms with E-state index in [9.17, 15) is 4.79 Å². The average Bonchev–Trinajstić information content (AvgIpc) is 2.54. The van der Waals surface area contributed by atoms with Crippen molar-refractivity contribution in [2.45, 2.75) is 53.2 Å². The van der Waals surface area contributed by atoms with Crippen molar-refractivity contribution < 1.29 is 9.53 Å². The fourth-order valence-electron chi connectivity index (χ4n) is 3.60. The Bertz CT molecular complexity index is 781. The first-order chi connectivity index (χ1) is 12.0. The van der Waals surface area contributed by atoms with Crippen LogP contribution in [0.4, 0.5) is 5.69 Å². The Balaban J connectivity index is 2.25. The van der Waals surface area contributed by atoms with Crippen molar-refractivity contribution in [2.24, 2.45) is 10.8 Å². The third kappa shape index (κ3) is 3.00. The molecule has 0 aromatic heterocycles. The molecule has 1 N–H and O–H groups in total. The van der Waals surface area contributed by atoms with Gasteiger partial charge in [0, 0.05) is 11.1 Å². The number of hydrogen-bond acceptors (Lipinski definition) is 3. The molecule has 1 aromatic rings. The smallest absolute Gasteiger partial charge is 0.185 e. The van der Waals surface area contributed by atoms with Gasteiger partial charge >= 0.3 is 0 Å². The quantitative estimate of drug-likeness (QED) is 0.697. The fraction of sp³-hybridized carbons (Fsp3) is 0.435. The van der Waals surface area contributed by atoms with Crippen molar-refractivity contribution in [1.82, 2.24) is 0 Å². The summed E-state index contributed by atoms with van der Waals surface area (Å²) in [5.74, 6) is 0.926. The van der Waals surface area contributed by atoms with E-state index < -0.39 is 5.54 Å². The molecule has 2 aliphatic rings. The Labute approximate surface area is 156 Å². The van der Waals surface area contributed by atoms with Crippen molar-refractivity contribution in [3.05, 3.63) is 60.2 Å². The summed E-state index contributed by atoms with van der Waals surface area (Å²) in [5, 5.41) is 3.64. The minimum Gasteiger partial charge on any atom is -0.481 e. The van der Waals surface area contributed by atoms with Crippen LogP contribution >= 0.6 is 0 Å². The summed E-state index contributed by atoms with van der Waals surface area (Å²) in [6.07, 6.45) is 5.60. The van der Waals surface area contributed by atoms with Crippen molar-refractivity contribution in [1.29, 1.82) is 0 Å². The number of fused-ring (bicyclic) bond motifs is 1. The van der Waals surface area contributed by atoms with Gasteiger partial charge in [-0.15, -0.1) is 0 Å². The fourth-order valence-corrected chi connectivity index (χ4v) is 3.60. The van der Waals surface area contributed by atoms with E-state index in [-0.39, 0.29) is 22.7 Å². The molecule has 1 aliphatic heterocycles. The molecule has 1 atom stereocenters. The number of ketones is 1. The Morgan fingerprint density at radius 1 is 1.04 bits per heavy atom. The van der Waals surface area contributed by atoms with E-state index >= 15 is 0 Å². The summed E-state index contributed by atoms with van der Waals surface area (Å²) in [6, 6.07) is 7.88. The highest BCUT2D eigenvalue weighted by Gasteiger charge is 2.47. The van der Waals surface area contributed by atoms with Crippen LogP contribution in [0.1, 0.15) is 41.5 Å². The summed E-state index contributed by atoms with van der Waals surface area (Å²) in [5.41, 5.74) is 1.39. The van der Waals surface area contributed by atoms with Gasteiger partial charge in [-0.3, -0.25) is 4.79 Å². The van der Waals surface area contributed by atoms with Crippen LogP contribution in [0.15, 0.2) is 60.2 Å². The zero-order valence-corrected chi connectivity index (χ0v) is 16.6. The van der Waals surface area contributed by atoms with Gasteiger partial charge < -0.3 is 10.1 Å². The minimum absolute atomic E-state index is 0.124. The van der Waals surface area contributed by atoms with Crippen molar-refractivity contribution in [3.63, 3.8) is 0 Å². The number of carbonyl (C=O) groups excluding carboxylic acids is 1. The summed E-state index contributed by atoms with van der Waals surface area (Å²) >= 11 is 0. The standard InChI is InChI=1S/C23H29NO2/c1-8-19-23(24-17-11-9-10-12-18(17)26-19)13-15(21(2,3)4)20(25)16(14-23)22(5,6)7/h8-14,19,24H,1H2,2-7H3. The number of ether oxygens (including phenoxy) is 1. The SMILES string of the molecule is C=CC1Oc2ccccc2NC12C=C(C(C)(C)C)C(=O)C(C(C)(C)C)=C2. The molecule has 3 heteroatoms. The number of Topliss-reactive ketones (excluding diaryl/α,β-unsaturated/α-hetero) is 1. The van der Waals surface area contributed by atoms with Crippen LogP contribution in [0.5, 0.6) is 5.75 Å². The maximum Gasteiger partial charge on any atom is 0.185 e. The Morgan fingerprint density at radius 3 is 2.08 bits per heavy atom. The van der Waals surface area contributed by atoms with Gasteiger partial charge in [-0.2, -0.15) is 0 Å². The van der Waals surface area contributed by atoms with Gasteiger partial charge in [0.25, 0.3) is 0 Å². The number of allylic oxidation sites excluding steroid dienone is 2. The van der Waals surface area contributed by atoms with Crippen LogP contribution in [0.2, 0.25) is 0 Å². The molecule has 1 aromatic carbocycles. The van der Waals surface area contributed by atoms with Gasteiger partial charge in [0.2, 0.25) is 0 Å². The molecule has 0 bridgehead atoms. The lowest BCUT2D eigenvalue weighted by Crippen LogP contribution is -2.54. The van der Waals surface area contributed by atoms with E-state index in [0.29, 0.717) is 0 Å². The van der Waals surface area contributed by atoms with Crippen molar-refractivity contribution >= 4 is 11.5 Å². The van der Waals surface area contributed by atoms with Crippen molar-refractivity contribution in [2.75, 3.05) is 5.32 Å². The molecular formula is C23H29NO2. The van der Waals surface area contributed by atoms with Crippen LogP contribution in [0.25, 0.3) is 0 Å². The van der Waals surface area contributed by atoms with Gasteiger partial charge in [-0.1, -0.05) is 60.3 Å². The molecule has 138 valence electrons. The Hall–Kier alpha value is -2.29. The van der Waals surface area contributed by atoms with Gasteiger partial charge in [0.1, 0.15) is 17.4 Å². The first kappa shape index (κ1) is 18.5. The molecule has 3 nitrogen and oxygen atoms in total. The van der Waals surface area contributed by atoms with Gasteiger partial charge in [0.05, 0.1) is 5.69 Å². The molecule has 0 amide bonds. The topological polar surface area (TPSA) is 38.3 Å². The molecule has 1 unspecified atom stereocenters. The second-order valence-corrected chi connectivity index (χ2v) is 9.27. The normalized spacial score (nSPS) is 21.9. The number of carbonyl (C=O) groups is 1. The highest BCUT2D eigenvalue weighted by atomic mass is 16.5. The van der Waals surface area contributed by atoms with Gasteiger partial charge in [-0.25, -0.2) is 0 Å². The number of benzene rings is 1. The molecule has 1 heterocycles. The molecule has 3 rings (SSSR count). The van der Waals surface area contributed by atoms with Crippen LogP contribution in [-0.4, -0.2) is 17.4 Å². The Kier molecular flexibility index (Phi) is 4.18. The van der Waals surface area contributed by atoms with Crippen LogP contribution in [-0.2, 0) is 4.79 Å². The molecule has 0 radical (unpaired) electrons. The largest absolute Gasteiger partial charge is 0.481 e. The number of nitrogens with one attached hydrogen (secondary N) is 1. The number of para-hydroxylation sites is 2. The lowest BCUT2D eigenvalue weighted by atomic mass is 9.67. The first-order valence-electron chi connectivity index (χ1n) is 9.16. The van der Waals surface area contributed by atoms with Gasteiger partial charge in [0.15, 0.2) is 5.78 Å². The molecule has 1 aliphatic carbocycles. The molecule has 26 heavy (non-hydrogen) atoms. The van der Waals surface area contributed by atoms with E-state index in [1.165, 1.54) is 0 Å². The molecule has 0 saturated heterocycles. The lowest BCUT2D eigenvalue weighted by Gasteiger charge is -2.46. The van der Waals surface area contributed by atoms with Gasteiger partial charge in [-0.05, 0) is 41.2 Å².